The number of aromatic nitrogens is 3. The molecule has 9 heteroatoms. The molecule has 4 nitrogen and oxygen atoms in total. The van der Waals surface area contributed by atoms with Gasteiger partial charge in [0.2, 0.25) is 0 Å². The van der Waals surface area contributed by atoms with Crippen LogP contribution < -0.4 is 9.72 Å². The maximum atomic E-state index is 13.4. The molecule has 0 fully saturated rings. The molecule has 4 aromatic rings. The minimum Gasteiger partial charge on any atom is -0.657 e. The molecule has 0 aliphatic heterocycles. The summed E-state index contributed by atoms with van der Waals surface area (Å²) in [4.78, 5) is 11.4. The van der Waals surface area contributed by atoms with E-state index in [1.807, 2.05) is 0 Å². The van der Waals surface area contributed by atoms with Crippen LogP contribution in [0.5, 0.6) is 5.75 Å². The number of pyridine rings is 2. The van der Waals surface area contributed by atoms with Crippen LogP contribution in [-0.2, 0) is 20.1 Å². The van der Waals surface area contributed by atoms with E-state index in [9.17, 15) is 17.6 Å². The molecule has 0 N–H and O–H groups in total. The summed E-state index contributed by atoms with van der Waals surface area (Å²) in [6.45, 7) is 0. The summed E-state index contributed by atoms with van der Waals surface area (Å²) in [5.74, 6) is -2.69. The number of halogens is 4. The summed E-state index contributed by atoms with van der Waals surface area (Å²) in [6.07, 6.45) is 3.84. The fourth-order valence-corrected chi connectivity index (χ4v) is 2.35. The van der Waals surface area contributed by atoms with Gasteiger partial charge in [-0.1, -0.05) is 23.4 Å². The Morgan fingerprint density at radius 3 is 2.30 bits per heavy atom. The average Bonchev–Trinajstić information content (AvgIpc) is 3.08. The zero-order valence-electron chi connectivity index (χ0n) is 15.4. The summed E-state index contributed by atoms with van der Waals surface area (Å²) in [7, 11) is 1.50. The normalized spacial score (nSPS) is 9.90. The molecule has 157 valence electrons. The van der Waals surface area contributed by atoms with Gasteiger partial charge in [-0.3, -0.25) is 13.8 Å². The van der Waals surface area contributed by atoms with Crippen LogP contribution in [0.1, 0.15) is 0 Å². The molecule has 0 unspecified atom stereocenters. The van der Waals surface area contributed by atoms with Crippen molar-refractivity contribution in [3.63, 3.8) is 0 Å². The number of benzene rings is 1. The van der Waals surface area contributed by atoms with E-state index in [1.54, 1.807) is 30.3 Å². The monoisotopic (exact) mass is 592 g/mol. The molecule has 0 saturated heterocycles. The molecule has 0 spiro atoms. The number of ether oxygens (including phenoxy) is 1. The first-order chi connectivity index (χ1) is 14.0. The zero-order valence-corrected chi connectivity index (χ0v) is 17.8. The van der Waals surface area contributed by atoms with Crippen molar-refractivity contribution in [2.24, 2.45) is 0 Å². The Morgan fingerprint density at radius 1 is 0.933 bits per heavy atom. The molecule has 30 heavy (non-hydrogen) atoms. The van der Waals surface area contributed by atoms with Gasteiger partial charge in [0.1, 0.15) is 17.4 Å². The first kappa shape index (κ1) is 23.3. The summed E-state index contributed by atoms with van der Waals surface area (Å²) in [5.41, 5.74) is 0.777. The molecule has 1 radical (unpaired) electrons. The standard InChI is InChI=1S/C12H8F2NO.C9H5F2N2.Ir/c1-16-9-4-5-15-12(7-9)10-3-2-8(13)6-11(10)14;10-6-5-13-9(8(6)11)7-3-1-2-4-12-7;/h2,4-7H,1H3;1-5H;/q2*-1;. The van der Waals surface area contributed by atoms with Crippen LogP contribution in [0.4, 0.5) is 17.6 Å². The van der Waals surface area contributed by atoms with Crippen molar-refractivity contribution < 1.29 is 42.4 Å². The van der Waals surface area contributed by atoms with Gasteiger partial charge in [0.05, 0.1) is 12.8 Å². The summed E-state index contributed by atoms with van der Waals surface area (Å²) < 4.78 is 56.6. The Kier molecular flexibility index (Phi) is 8.26. The maximum Gasteiger partial charge on any atom is 0.144 e. The van der Waals surface area contributed by atoms with Crippen molar-refractivity contribution in [3.05, 3.63) is 90.4 Å². The van der Waals surface area contributed by atoms with Crippen LogP contribution in [0.15, 0.2) is 61.1 Å². The first-order valence-corrected chi connectivity index (χ1v) is 8.25. The predicted octanol–water partition coefficient (Wildman–Crippen LogP) is 4.82. The van der Waals surface area contributed by atoms with Crippen molar-refractivity contribution >= 4 is 0 Å². The Hall–Kier alpha value is -3.03. The third-order valence-corrected chi connectivity index (χ3v) is 3.71. The molecule has 0 aliphatic rings. The van der Waals surface area contributed by atoms with E-state index in [4.69, 9.17) is 4.74 Å². The fraction of sp³-hybridized carbons (Fsp3) is 0.0476. The van der Waals surface area contributed by atoms with Crippen LogP contribution in [0.25, 0.3) is 22.6 Å². The quantitative estimate of drug-likeness (QED) is 0.254. The molecule has 3 heterocycles. The van der Waals surface area contributed by atoms with E-state index in [1.165, 1.54) is 19.5 Å². The largest absolute Gasteiger partial charge is 0.657 e. The molecule has 4 rings (SSSR count). The molecule has 1 aromatic carbocycles. The first-order valence-electron chi connectivity index (χ1n) is 8.25. The Labute approximate surface area is 183 Å². The topological polar surface area (TPSA) is 49.1 Å². The van der Waals surface area contributed by atoms with E-state index >= 15 is 0 Å². The van der Waals surface area contributed by atoms with Gasteiger partial charge in [0.15, 0.2) is 0 Å². The zero-order chi connectivity index (χ0) is 20.8. The van der Waals surface area contributed by atoms with Crippen molar-refractivity contribution in [2.75, 3.05) is 7.11 Å². The van der Waals surface area contributed by atoms with E-state index in [2.05, 4.69) is 21.0 Å². The summed E-state index contributed by atoms with van der Waals surface area (Å²) in [6, 6.07) is 12.5. The van der Waals surface area contributed by atoms with Crippen LogP contribution in [-0.4, -0.2) is 17.1 Å². The van der Waals surface area contributed by atoms with Gasteiger partial charge < -0.3 is 14.7 Å². The summed E-state index contributed by atoms with van der Waals surface area (Å²) in [5, 5.41) is 0. The molecule has 3 aromatic heterocycles. The Bertz CT molecular complexity index is 1110. The van der Waals surface area contributed by atoms with Gasteiger partial charge in [-0.25, -0.2) is 8.78 Å². The molecule has 0 aliphatic carbocycles. The second-order valence-corrected chi connectivity index (χ2v) is 5.61. The predicted molar refractivity (Wildman–Crippen MR) is 97.9 cm³/mol. The second-order valence-electron chi connectivity index (χ2n) is 5.61. The van der Waals surface area contributed by atoms with Crippen LogP contribution in [0, 0.1) is 29.3 Å². The van der Waals surface area contributed by atoms with Crippen molar-refractivity contribution in [3.8, 4) is 28.4 Å². The van der Waals surface area contributed by atoms with Crippen molar-refractivity contribution in [1.29, 1.82) is 0 Å². The average molecular weight is 592 g/mol. The van der Waals surface area contributed by atoms with Crippen molar-refractivity contribution in [1.82, 2.24) is 15.0 Å². The van der Waals surface area contributed by atoms with E-state index < -0.39 is 23.3 Å². The molecular formula is C21H13F4IrN3O-2. The fourth-order valence-electron chi connectivity index (χ4n) is 2.35. The van der Waals surface area contributed by atoms with Gasteiger partial charge >= 0.3 is 0 Å². The van der Waals surface area contributed by atoms with Crippen LogP contribution in [0.2, 0.25) is 0 Å². The van der Waals surface area contributed by atoms with Gasteiger partial charge in [-0.05, 0) is 30.0 Å². The number of rotatable bonds is 3. The van der Waals surface area contributed by atoms with E-state index in [-0.39, 0.29) is 31.4 Å². The van der Waals surface area contributed by atoms with Crippen molar-refractivity contribution in [2.45, 2.75) is 0 Å². The molecule has 0 amide bonds. The molecule has 0 saturated carbocycles. The maximum absolute atomic E-state index is 13.4. The minimum absolute atomic E-state index is 0. The van der Waals surface area contributed by atoms with Gasteiger partial charge in [0, 0.05) is 44.1 Å². The van der Waals surface area contributed by atoms with Gasteiger partial charge in [-0.2, -0.15) is 0 Å². The number of hydrogen-bond acceptors (Lipinski definition) is 3. The SMILES string of the molecule is COc1ccnc(-c2[c-]cc(F)cc2F)c1.Fc1c[n-]c(-c2ccccn2)c1F.[Ir]. The van der Waals surface area contributed by atoms with Gasteiger partial charge in [0.25, 0.3) is 0 Å². The van der Waals surface area contributed by atoms with Gasteiger partial charge in [-0.15, -0.1) is 18.3 Å². The molecule has 0 atom stereocenters. The van der Waals surface area contributed by atoms with Crippen LogP contribution in [0.3, 0.4) is 0 Å². The number of hydrogen-bond donors (Lipinski definition) is 0. The third-order valence-electron chi connectivity index (χ3n) is 3.71. The van der Waals surface area contributed by atoms with E-state index in [0.717, 1.165) is 18.3 Å². The second kappa shape index (κ2) is 10.7. The van der Waals surface area contributed by atoms with Crippen LogP contribution >= 0.6 is 0 Å². The number of methoxy groups -OCH3 is 1. The van der Waals surface area contributed by atoms with E-state index in [0.29, 0.717) is 17.1 Å². The Balaban J connectivity index is 0.000000211. The smallest absolute Gasteiger partial charge is 0.144 e. The molecule has 0 bridgehead atoms. The minimum atomic E-state index is -0.946. The Morgan fingerprint density at radius 2 is 1.70 bits per heavy atom. The number of nitrogens with zero attached hydrogens (tertiary/aromatic N) is 3. The third kappa shape index (κ3) is 5.52. The summed E-state index contributed by atoms with van der Waals surface area (Å²) >= 11 is 0. The molecular weight excluding hydrogens is 578 g/mol.